The van der Waals surface area contributed by atoms with Gasteiger partial charge in [-0.25, -0.2) is 9.37 Å². The van der Waals surface area contributed by atoms with Crippen LogP contribution in [-0.2, 0) is 11.2 Å². The Labute approximate surface area is 153 Å². The summed E-state index contributed by atoms with van der Waals surface area (Å²) in [6.45, 7) is 0.865. The van der Waals surface area contributed by atoms with Crippen LogP contribution in [0.3, 0.4) is 0 Å². The van der Waals surface area contributed by atoms with Crippen LogP contribution in [0.15, 0.2) is 54.2 Å². The van der Waals surface area contributed by atoms with E-state index in [1.807, 2.05) is 12.1 Å². The molecule has 0 radical (unpaired) electrons. The molecule has 1 amide bonds. The summed E-state index contributed by atoms with van der Waals surface area (Å²) in [6, 6.07) is 9.74. The number of nitrogens with zero attached hydrogens (tertiary/aromatic N) is 1. The van der Waals surface area contributed by atoms with Crippen LogP contribution in [0.2, 0.25) is 0 Å². The van der Waals surface area contributed by atoms with Gasteiger partial charge in [0.2, 0.25) is 5.91 Å². The van der Waals surface area contributed by atoms with Crippen LogP contribution in [0.5, 0.6) is 0 Å². The Hall–Kier alpha value is -2.69. The number of allylic oxidation sites excluding steroid dienone is 1. The number of benzene rings is 1. The molecule has 136 valence electrons. The average molecular weight is 353 g/mol. The molecule has 0 fully saturated rings. The summed E-state index contributed by atoms with van der Waals surface area (Å²) < 4.78 is 13.2. The first-order valence-electron chi connectivity index (χ1n) is 9.11. The number of carbonyl (C=O) groups excluding carboxylic acids is 1. The number of nitrogens with one attached hydrogen (secondary N) is 2. The first-order chi connectivity index (χ1) is 12.7. The molecule has 1 aliphatic carbocycles. The number of rotatable bonds is 7. The number of anilines is 2. The van der Waals surface area contributed by atoms with Gasteiger partial charge in [-0.3, -0.25) is 4.79 Å². The van der Waals surface area contributed by atoms with Crippen LogP contribution in [0.25, 0.3) is 0 Å². The van der Waals surface area contributed by atoms with Crippen LogP contribution in [-0.4, -0.2) is 17.4 Å². The second-order valence-corrected chi connectivity index (χ2v) is 6.57. The summed E-state index contributed by atoms with van der Waals surface area (Å²) in [5.74, 6) is 0.267. The molecule has 2 N–H and O–H groups in total. The first kappa shape index (κ1) is 18.1. The number of amides is 1. The van der Waals surface area contributed by atoms with E-state index in [0.717, 1.165) is 18.8 Å². The molecule has 0 bridgehead atoms. The molecule has 1 aromatic carbocycles. The number of hydrogen-bond donors (Lipinski definition) is 2. The van der Waals surface area contributed by atoms with Crippen LogP contribution in [0, 0.1) is 5.82 Å². The van der Waals surface area contributed by atoms with Crippen molar-refractivity contribution >= 4 is 17.4 Å². The highest BCUT2D eigenvalue weighted by molar-refractivity contribution is 5.92. The van der Waals surface area contributed by atoms with Gasteiger partial charge in [0.1, 0.15) is 11.6 Å². The quantitative estimate of drug-likeness (QED) is 0.709. The van der Waals surface area contributed by atoms with E-state index in [0.29, 0.717) is 11.3 Å². The molecule has 26 heavy (non-hydrogen) atoms. The van der Waals surface area contributed by atoms with E-state index in [1.54, 1.807) is 18.3 Å². The zero-order valence-electron chi connectivity index (χ0n) is 14.8. The maximum absolute atomic E-state index is 13.2. The Bertz CT molecular complexity index is 771. The monoisotopic (exact) mass is 353 g/mol. The molecule has 3 rings (SSSR count). The van der Waals surface area contributed by atoms with Gasteiger partial charge >= 0.3 is 0 Å². The Morgan fingerprint density at radius 2 is 2.12 bits per heavy atom. The lowest BCUT2D eigenvalue weighted by Crippen LogP contribution is -2.14. The lowest BCUT2D eigenvalue weighted by atomic mass is 9.97. The van der Waals surface area contributed by atoms with Crippen molar-refractivity contribution in [2.45, 2.75) is 38.5 Å². The van der Waals surface area contributed by atoms with Crippen LogP contribution in [0.1, 0.15) is 37.7 Å². The molecule has 0 saturated heterocycles. The fourth-order valence-electron chi connectivity index (χ4n) is 3.09. The number of halogens is 1. The van der Waals surface area contributed by atoms with Crippen molar-refractivity contribution in [2.24, 2.45) is 0 Å². The summed E-state index contributed by atoms with van der Waals surface area (Å²) >= 11 is 0. The van der Waals surface area contributed by atoms with E-state index in [9.17, 15) is 9.18 Å². The lowest BCUT2D eigenvalue weighted by Gasteiger charge is -2.13. The average Bonchev–Trinajstić information content (AvgIpc) is 2.64. The van der Waals surface area contributed by atoms with Crippen molar-refractivity contribution in [1.82, 2.24) is 4.98 Å². The van der Waals surface area contributed by atoms with Gasteiger partial charge in [0.15, 0.2) is 0 Å². The third-order valence-corrected chi connectivity index (χ3v) is 4.44. The van der Waals surface area contributed by atoms with E-state index in [1.165, 1.54) is 43.4 Å². The molecule has 0 atom stereocenters. The van der Waals surface area contributed by atoms with Crippen molar-refractivity contribution in [1.29, 1.82) is 0 Å². The predicted octanol–water partition coefficient (Wildman–Crippen LogP) is 4.70. The summed E-state index contributed by atoms with van der Waals surface area (Å²) in [6.07, 6.45) is 10.2. The maximum Gasteiger partial charge on any atom is 0.228 e. The molecule has 1 aliphatic rings. The van der Waals surface area contributed by atoms with E-state index < -0.39 is 0 Å². The minimum atomic E-state index is -0.337. The molecule has 0 aliphatic heterocycles. The Kier molecular flexibility index (Phi) is 6.36. The third-order valence-electron chi connectivity index (χ3n) is 4.44. The van der Waals surface area contributed by atoms with Crippen molar-refractivity contribution in [3.63, 3.8) is 0 Å². The predicted molar refractivity (Wildman–Crippen MR) is 103 cm³/mol. The normalized spacial score (nSPS) is 13.8. The SMILES string of the molecule is O=C(Cc1cccc(F)c1)Nc1ccc(NCCC2=CCCCC2)nc1. The summed E-state index contributed by atoms with van der Waals surface area (Å²) in [7, 11) is 0. The van der Waals surface area contributed by atoms with Gasteiger partial charge in [-0.15, -0.1) is 0 Å². The Morgan fingerprint density at radius 3 is 2.85 bits per heavy atom. The summed E-state index contributed by atoms with van der Waals surface area (Å²) in [5, 5.41) is 6.10. The van der Waals surface area contributed by atoms with E-state index in [-0.39, 0.29) is 18.1 Å². The largest absolute Gasteiger partial charge is 0.370 e. The van der Waals surface area contributed by atoms with E-state index in [4.69, 9.17) is 0 Å². The van der Waals surface area contributed by atoms with Gasteiger partial charge in [0, 0.05) is 6.54 Å². The number of aromatic nitrogens is 1. The fourth-order valence-corrected chi connectivity index (χ4v) is 3.09. The molecule has 4 nitrogen and oxygen atoms in total. The van der Waals surface area contributed by atoms with E-state index >= 15 is 0 Å². The van der Waals surface area contributed by atoms with Crippen molar-refractivity contribution in [3.05, 3.63) is 65.6 Å². The highest BCUT2D eigenvalue weighted by atomic mass is 19.1. The zero-order chi connectivity index (χ0) is 18.2. The maximum atomic E-state index is 13.2. The summed E-state index contributed by atoms with van der Waals surface area (Å²) in [5.41, 5.74) is 2.81. The topological polar surface area (TPSA) is 54.0 Å². The van der Waals surface area contributed by atoms with Gasteiger partial charge in [0.25, 0.3) is 0 Å². The lowest BCUT2D eigenvalue weighted by molar-refractivity contribution is -0.115. The number of pyridine rings is 1. The van der Waals surface area contributed by atoms with E-state index in [2.05, 4.69) is 21.7 Å². The second-order valence-electron chi connectivity index (χ2n) is 6.57. The highest BCUT2D eigenvalue weighted by Crippen LogP contribution is 2.20. The van der Waals surface area contributed by atoms with Crippen molar-refractivity contribution in [3.8, 4) is 0 Å². The van der Waals surface area contributed by atoms with Gasteiger partial charge in [0.05, 0.1) is 18.3 Å². The van der Waals surface area contributed by atoms with Gasteiger partial charge in [-0.2, -0.15) is 0 Å². The highest BCUT2D eigenvalue weighted by Gasteiger charge is 2.06. The van der Waals surface area contributed by atoms with Gasteiger partial charge < -0.3 is 10.6 Å². The zero-order valence-corrected chi connectivity index (χ0v) is 14.8. The second kappa shape index (κ2) is 9.13. The molecule has 5 heteroatoms. The molecule has 1 aromatic heterocycles. The molecule has 1 heterocycles. The summed E-state index contributed by atoms with van der Waals surface area (Å²) in [4.78, 5) is 16.4. The molecule has 0 saturated carbocycles. The van der Waals surface area contributed by atoms with Crippen LogP contribution >= 0.6 is 0 Å². The molecule has 0 spiro atoms. The van der Waals surface area contributed by atoms with Gasteiger partial charge in [-0.05, 0) is 61.9 Å². The van der Waals surface area contributed by atoms with Crippen molar-refractivity contribution in [2.75, 3.05) is 17.2 Å². The molecular formula is C21H24FN3O. The minimum absolute atomic E-state index is 0.132. The molecule has 2 aromatic rings. The minimum Gasteiger partial charge on any atom is -0.370 e. The first-order valence-corrected chi connectivity index (χ1v) is 9.11. The number of hydrogen-bond acceptors (Lipinski definition) is 3. The molecule has 0 unspecified atom stereocenters. The number of carbonyl (C=O) groups is 1. The van der Waals surface area contributed by atoms with Crippen molar-refractivity contribution < 1.29 is 9.18 Å². The van der Waals surface area contributed by atoms with Gasteiger partial charge in [-0.1, -0.05) is 23.8 Å². The fraction of sp³-hybridized carbons (Fsp3) is 0.333. The Balaban J connectivity index is 1.44. The Morgan fingerprint density at radius 1 is 1.19 bits per heavy atom. The van der Waals surface area contributed by atoms with Crippen LogP contribution < -0.4 is 10.6 Å². The smallest absolute Gasteiger partial charge is 0.228 e. The third kappa shape index (κ3) is 5.69. The standard InChI is InChI=1S/C21H24FN3O/c22-18-8-4-7-17(13-18)14-21(26)25-19-9-10-20(24-15-19)23-12-11-16-5-2-1-3-6-16/h4-5,7-10,13,15H,1-3,6,11-12,14H2,(H,23,24)(H,25,26). The molecular weight excluding hydrogens is 329 g/mol. The van der Waals surface area contributed by atoms with Crippen LogP contribution in [0.4, 0.5) is 15.9 Å².